The summed E-state index contributed by atoms with van der Waals surface area (Å²) in [6.07, 6.45) is -0.656. The second-order valence-electron chi connectivity index (χ2n) is 8.55. The number of carbonyl (C=O) groups excluding carboxylic acids is 4. The van der Waals surface area contributed by atoms with Crippen LogP contribution in [0.1, 0.15) is 29.4 Å². The van der Waals surface area contributed by atoms with E-state index in [0.717, 1.165) is 14.0 Å². The lowest BCUT2D eigenvalue weighted by atomic mass is 10.1. The van der Waals surface area contributed by atoms with Crippen LogP contribution in [0.4, 0.5) is 17.6 Å². The van der Waals surface area contributed by atoms with Crippen LogP contribution < -0.4 is 15.4 Å². The lowest BCUT2D eigenvalue weighted by Gasteiger charge is -2.20. The van der Waals surface area contributed by atoms with Gasteiger partial charge in [0.15, 0.2) is 17.3 Å². The second-order valence-corrected chi connectivity index (χ2v) is 8.55. The number of aromatic nitrogens is 2. The number of ether oxygens (including phenoxy) is 2. The molecule has 1 aromatic heterocycles. The predicted molar refractivity (Wildman–Crippen MR) is 131 cm³/mol. The summed E-state index contributed by atoms with van der Waals surface area (Å²) in [5, 5.41) is 11.0. The Morgan fingerprint density at radius 3 is 2.38 bits per heavy atom. The van der Waals surface area contributed by atoms with Gasteiger partial charge in [0.25, 0.3) is 5.91 Å². The molecular formula is C26H24F4N4O6. The van der Waals surface area contributed by atoms with E-state index in [9.17, 15) is 36.7 Å². The SMILES string of the molecule is COC(=O)C[C@H](NC(=O)[C@H](C)NC(=O)c1cc(-c2ccccc2F)n[nH]1)C(=O)COc1c(C)c(F)cc(F)c1F. The zero-order chi connectivity index (χ0) is 29.6. The first-order valence-electron chi connectivity index (χ1n) is 11.7. The van der Waals surface area contributed by atoms with Crippen LogP contribution in [0.2, 0.25) is 0 Å². The van der Waals surface area contributed by atoms with Gasteiger partial charge in [0, 0.05) is 17.2 Å². The zero-order valence-corrected chi connectivity index (χ0v) is 21.4. The number of benzene rings is 2. The van der Waals surface area contributed by atoms with Crippen molar-refractivity contribution in [2.75, 3.05) is 13.7 Å². The van der Waals surface area contributed by atoms with Crippen molar-refractivity contribution in [3.8, 4) is 17.0 Å². The molecule has 0 aliphatic carbocycles. The molecular weight excluding hydrogens is 540 g/mol. The van der Waals surface area contributed by atoms with Crippen molar-refractivity contribution in [3.63, 3.8) is 0 Å². The van der Waals surface area contributed by atoms with Crippen molar-refractivity contribution in [3.05, 3.63) is 70.9 Å². The lowest BCUT2D eigenvalue weighted by Crippen LogP contribution is -2.51. The molecule has 40 heavy (non-hydrogen) atoms. The molecule has 0 saturated carbocycles. The molecule has 2 amide bonds. The van der Waals surface area contributed by atoms with Gasteiger partial charge < -0.3 is 20.1 Å². The number of aromatic amines is 1. The number of H-pyrrole nitrogens is 1. The smallest absolute Gasteiger partial charge is 0.308 e. The minimum atomic E-state index is -1.55. The summed E-state index contributed by atoms with van der Waals surface area (Å²) in [5.74, 6) is -9.09. The second kappa shape index (κ2) is 12.9. The molecule has 10 nitrogen and oxygen atoms in total. The maximum atomic E-state index is 14.1. The first-order chi connectivity index (χ1) is 18.9. The summed E-state index contributed by atoms with van der Waals surface area (Å²) < 4.78 is 64.9. The molecule has 0 unspecified atom stereocenters. The van der Waals surface area contributed by atoms with Crippen molar-refractivity contribution >= 4 is 23.6 Å². The molecule has 0 bridgehead atoms. The van der Waals surface area contributed by atoms with Gasteiger partial charge in [-0.25, -0.2) is 13.2 Å². The molecule has 0 aliphatic heterocycles. The van der Waals surface area contributed by atoms with E-state index in [-0.39, 0.29) is 17.0 Å². The molecule has 0 saturated heterocycles. The Kier molecular flexibility index (Phi) is 9.59. The van der Waals surface area contributed by atoms with E-state index >= 15 is 0 Å². The van der Waals surface area contributed by atoms with Crippen molar-refractivity contribution in [2.24, 2.45) is 0 Å². The minimum Gasteiger partial charge on any atom is -0.482 e. The third-order valence-corrected chi connectivity index (χ3v) is 5.74. The maximum absolute atomic E-state index is 14.1. The highest BCUT2D eigenvalue weighted by atomic mass is 19.2. The van der Waals surface area contributed by atoms with E-state index in [2.05, 4.69) is 25.6 Å². The van der Waals surface area contributed by atoms with Gasteiger partial charge in [-0.3, -0.25) is 24.3 Å². The van der Waals surface area contributed by atoms with E-state index < -0.39 is 83.3 Å². The molecule has 0 spiro atoms. The van der Waals surface area contributed by atoms with E-state index in [4.69, 9.17) is 4.74 Å². The molecule has 0 fully saturated rings. The van der Waals surface area contributed by atoms with Crippen LogP contribution >= 0.6 is 0 Å². The van der Waals surface area contributed by atoms with E-state index in [0.29, 0.717) is 6.07 Å². The third kappa shape index (κ3) is 7.01. The van der Waals surface area contributed by atoms with Crippen molar-refractivity contribution in [1.29, 1.82) is 0 Å². The quantitative estimate of drug-likeness (QED) is 0.185. The molecule has 0 aliphatic rings. The molecule has 2 atom stereocenters. The molecule has 3 aromatic rings. The van der Waals surface area contributed by atoms with Gasteiger partial charge in [0.1, 0.15) is 36.0 Å². The zero-order valence-electron chi connectivity index (χ0n) is 21.4. The number of hydrogen-bond acceptors (Lipinski definition) is 7. The average Bonchev–Trinajstić information content (AvgIpc) is 3.41. The predicted octanol–water partition coefficient (Wildman–Crippen LogP) is 2.76. The van der Waals surface area contributed by atoms with Crippen LogP contribution in [0.25, 0.3) is 11.3 Å². The Morgan fingerprint density at radius 1 is 1.00 bits per heavy atom. The highest BCUT2D eigenvalue weighted by Gasteiger charge is 2.29. The summed E-state index contributed by atoms with van der Waals surface area (Å²) in [4.78, 5) is 49.9. The van der Waals surface area contributed by atoms with Crippen LogP contribution in [-0.4, -0.2) is 59.6 Å². The molecule has 3 N–H and O–H groups in total. The highest BCUT2D eigenvalue weighted by molar-refractivity contribution is 5.98. The van der Waals surface area contributed by atoms with Crippen LogP contribution in [0.3, 0.4) is 0 Å². The molecule has 212 valence electrons. The average molecular weight is 564 g/mol. The Hall–Kier alpha value is -4.75. The lowest BCUT2D eigenvalue weighted by molar-refractivity contribution is -0.143. The van der Waals surface area contributed by atoms with E-state index in [1.807, 2.05) is 0 Å². The molecule has 14 heteroatoms. The first kappa shape index (κ1) is 29.8. The number of carbonyl (C=O) groups is 4. The van der Waals surface area contributed by atoms with Crippen LogP contribution in [0.15, 0.2) is 36.4 Å². The van der Waals surface area contributed by atoms with Gasteiger partial charge >= 0.3 is 5.97 Å². The Bertz CT molecular complexity index is 1420. The summed E-state index contributed by atoms with van der Waals surface area (Å²) >= 11 is 0. The van der Waals surface area contributed by atoms with Crippen LogP contribution in [0.5, 0.6) is 5.75 Å². The summed E-state index contributed by atoms with van der Waals surface area (Å²) in [5.41, 5.74) is -0.193. The summed E-state index contributed by atoms with van der Waals surface area (Å²) in [6.45, 7) is 1.43. The van der Waals surface area contributed by atoms with Crippen molar-refractivity contribution in [2.45, 2.75) is 32.4 Å². The monoisotopic (exact) mass is 564 g/mol. The maximum Gasteiger partial charge on any atom is 0.308 e. The Labute approximate surface area is 225 Å². The number of amides is 2. The number of hydrogen-bond donors (Lipinski definition) is 3. The number of rotatable bonds is 11. The number of esters is 1. The number of halogens is 4. The molecule has 2 aromatic carbocycles. The summed E-state index contributed by atoms with van der Waals surface area (Å²) in [7, 11) is 1.04. The standard InChI is InChI=1S/C26H24F4N4O6/c1-12-16(28)8-17(29)23(30)24(12)40-11-21(35)19(10-22(36)39-3)32-25(37)13(2)31-26(38)20-9-18(33-34-20)14-6-4-5-7-15(14)27/h4-9,13,19H,10-11H2,1-3H3,(H,31,38)(H,32,37)(H,33,34)/t13-,19-/m0/s1. The van der Waals surface area contributed by atoms with Crippen LogP contribution in [0, 0.1) is 30.2 Å². The van der Waals surface area contributed by atoms with Gasteiger partial charge in [0.2, 0.25) is 11.7 Å². The van der Waals surface area contributed by atoms with Gasteiger partial charge in [-0.15, -0.1) is 0 Å². The number of Topliss-reactive ketones (excluding diaryl/α,β-unsaturated/α-hetero) is 1. The van der Waals surface area contributed by atoms with Crippen molar-refractivity contribution in [1.82, 2.24) is 20.8 Å². The number of nitrogens with zero attached hydrogens (tertiary/aromatic N) is 1. The summed E-state index contributed by atoms with van der Waals surface area (Å²) in [6, 6.07) is 4.55. The fourth-order valence-electron chi connectivity index (χ4n) is 3.46. The van der Waals surface area contributed by atoms with Gasteiger partial charge in [-0.2, -0.15) is 9.49 Å². The minimum absolute atomic E-state index is 0.0896. The molecule has 3 rings (SSSR count). The number of ketones is 1. The van der Waals surface area contributed by atoms with Crippen LogP contribution in [-0.2, 0) is 19.1 Å². The number of nitrogens with one attached hydrogen (secondary N) is 3. The normalized spacial score (nSPS) is 12.3. The highest BCUT2D eigenvalue weighted by Crippen LogP contribution is 2.27. The van der Waals surface area contributed by atoms with E-state index in [1.54, 1.807) is 6.07 Å². The topological polar surface area (TPSA) is 139 Å². The Morgan fingerprint density at radius 2 is 1.70 bits per heavy atom. The van der Waals surface area contributed by atoms with Gasteiger partial charge in [0.05, 0.1) is 19.2 Å². The van der Waals surface area contributed by atoms with E-state index in [1.165, 1.54) is 31.2 Å². The van der Waals surface area contributed by atoms with Crippen molar-refractivity contribution < 1.29 is 46.2 Å². The largest absolute Gasteiger partial charge is 0.482 e. The van der Waals surface area contributed by atoms with Gasteiger partial charge in [-0.1, -0.05) is 12.1 Å². The first-order valence-corrected chi connectivity index (χ1v) is 11.7. The number of methoxy groups -OCH3 is 1. The molecule has 1 heterocycles. The van der Waals surface area contributed by atoms with Gasteiger partial charge in [-0.05, 0) is 32.0 Å². The fraction of sp³-hybridized carbons (Fsp3) is 0.269. The molecule has 0 radical (unpaired) electrons. The Balaban J connectivity index is 1.67. The third-order valence-electron chi connectivity index (χ3n) is 5.74. The fourth-order valence-corrected chi connectivity index (χ4v) is 3.46.